The third-order valence-corrected chi connectivity index (χ3v) is 3.19. The van der Waals surface area contributed by atoms with Gasteiger partial charge in [-0.1, -0.05) is 28.1 Å². The van der Waals surface area contributed by atoms with Gasteiger partial charge in [0.15, 0.2) is 0 Å². The Morgan fingerprint density at radius 2 is 2.00 bits per heavy atom. The van der Waals surface area contributed by atoms with Crippen molar-refractivity contribution in [1.82, 2.24) is 15.3 Å². The molecule has 17 heavy (non-hydrogen) atoms. The van der Waals surface area contributed by atoms with E-state index in [1.54, 1.807) is 12.5 Å². The molecular formula is C13H14BrN3. The summed E-state index contributed by atoms with van der Waals surface area (Å²) in [6.07, 6.45) is 4.27. The minimum Gasteiger partial charge on any atom is -0.311 e. The number of likely N-dealkylation sites (N-methyl/N-ethyl adjacent to an activating group) is 1. The molecule has 0 fully saturated rings. The van der Waals surface area contributed by atoms with Crippen LogP contribution >= 0.6 is 15.9 Å². The number of hydrogen-bond acceptors (Lipinski definition) is 3. The largest absolute Gasteiger partial charge is 0.311 e. The smallest absolute Gasteiger partial charge is 0.115 e. The van der Waals surface area contributed by atoms with Gasteiger partial charge in [-0.3, -0.25) is 0 Å². The van der Waals surface area contributed by atoms with E-state index in [0.29, 0.717) is 0 Å². The predicted octanol–water partition coefficient (Wildman–Crippen LogP) is 2.74. The van der Waals surface area contributed by atoms with Gasteiger partial charge in [-0.05, 0) is 37.2 Å². The van der Waals surface area contributed by atoms with E-state index < -0.39 is 0 Å². The van der Waals surface area contributed by atoms with Gasteiger partial charge in [-0.15, -0.1) is 0 Å². The fraction of sp³-hybridized carbons (Fsp3) is 0.231. The lowest BCUT2D eigenvalue weighted by Crippen LogP contribution is -2.20. The highest BCUT2D eigenvalue weighted by molar-refractivity contribution is 9.10. The first-order valence-corrected chi connectivity index (χ1v) is 6.26. The monoisotopic (exact) mass is 291 g/mol. The van der Waals surface area contributed by atoms with E-state index in [0.717, 1.165) is 16.6 Å². The molecule has 1 N–H and O–H groups in total. The Balaban J connectivity index is 2.13. The van der Waals surface area contributed by atoms with E-state index in [9.17, 15) is 0 Å². The van der Waals surface area contributed by atoms with Gasteiger partial charge in [-0.25, -0.2) is 9.97 Å². The van der Waals surface area contributed by atoms with Crippen LogP contribution in [0.4, 0.5) is 0 Å². The SMILES string of the molecule is CNC(Cc1ccc(Br)cc1)c1ccncn1. The second-order valence-electron chi connectivity index (χ2n) is 3.81. The predicted molar refractivity (Wildman–Crippen MR) is 71.7 cm³/mol. The molecule has 1 unspecified atom stereocenters. The van der Waals surface area contributed by atoms with Crippen molar-refractivity contribution in [2.24, 2.45) is 0 Å². The molecule has 0 aliphatic carbocycles. The minimum atomic E-state index is 0.221. The quantitative estimate of drug-likeness (QED) is 0.941. The molecule has 0 saturated heterocycles. The fourth-order valence-corrected chi connectivity index (χ4v) is 1.98. The average molecular weight is 292 g/mol. The second kappa shape index (κ2) is 5.89. The van der Waals surface area contributed by atoms with Crippen LogP contribution in [0.25, 0.3) is 0 Å². The fourth-order valence-electron chi connectivity index (χ4n) is 1.72. The Morgan fingerprint density at radius 1 is 1.24 bits per heavy atom. The van der Waals surface area contributed by atoms with E-state index in [1.165, 1.54) is 5.56 Å². The van der Waals surface area contributed by atoms with Crippen LogP contribution in [0.5, 0.6) is 0 Å². The van der Waals surface area contributed by atoms with E-state index in [1.807, 2.05) is 13.1 Å². The van der Waals surface area contributed by atoms with E-state index in [4.69, 9.17) is 0 Å². The van der Waals surface area contributed by atoms with Crippen molar-refractivity contribution in [3.8, 4) is 0 Å². The molecule has 1 atom stereocenters. The molecule has 1 heterocycles. The normalized spacial score (nSPS) is 12.4. The lowest BCUT2D eigenvalue weighted by atomic mass is 10.0. The number of aromatic nitrogens is 2. The number of nitrogens with one attached hydrogen (secondary N) is 1. The summed E-state index contributed by atoms with van der Waals surface area (Å²) in [6.45, 7) is 0. The molecule has 0 bridgehead atoms. The summed E-state index contributed by atoms with van der Waals surface area (Å²) in [4.78, 5) is 8.22. The molecule has 3 nitrogen and oxygen atoms in total. The number of hydrogen-bond donors (Lipinski definition) is 1. The van der Waals surface area contributed by atoms with Crippen LogP contribution in [0.1, 0.15) is 17.3 Å². The molecule has 0 spiro atoms. The van der Waals surface area contributed by atoms with Gasteiger partial charge in [0.05, 0.1) is 11.7 Å². The third kappa shape index (κ3) is 3.35. The highest BCUT2D eigenvalue weighted by atomic mass is 79.9. The molecule has 88 valence electrons. The maximum absolute atomic E-state index is 4.28. The zero-order valence-electron chi connectivity index (χ0n) is 9.60. The molecule has 0 aliphatic rings. The van der Waals surface area contributed by atoms with Crippen molar-refractivity contribution in [2.75, 3.05) is 7.05 Å². The lowest BCUT2D eigenvalue weighted by Gasteiger charge is -2.15. The summed E-state index contributed by atoms with van der Waals surface area (Å²) in [5.74, 6) is 0. The highest BCUT2D eigenvalue weighted by Gasteiger charge is 2.10. The third-order valence-electron chi connectivity index (χ3n) is 2.66. The molecule has 2 aromatic rings. The second-order valence-corrected chi connectivity index (χ2v) is 4.72. The van der Waals surface area contributed by atoms with Gasteiger partial charge in [0, 0.05) is 10.7 Å². The molecule has 0 aliphatic heterocycles. The number of nitrogens with zero attached hydrogens (tertiary/aromatic N) is 2. The first kappa shape index (κ1) is 12.2. The number of rotatable bonds is 4. The summed E-state index contributed by atoms with van der Waals surface area (Å²) in [7, 11) is 1.95. The van der Waals surface area contributed by atoms with Gasteiger partial charge < -0.3 is 5.32 Å². The molecular weight excluding hydrogens is 278 g/mol. The first-order valence-electron chi connectivity index (χ1n) is 5.47. The molecule has 4 heteroatoms. The van der Waals surface area contributed by atoms with Crippen molar-refractivity contribution in [1.29, 1.82) is 0 Å². The Morgan fingerprint density at radius 3 is 2.59 bits per heavy atom. The maximum Gasteiger partial charge on any atom is 0.115 e. The molecule has 1 aromatic carbocycles. The van der Waals surface area contributed by atoms with Crippen LogP contribution in [-0.4, -0.2) is 17.0 Å². The molecule has 0 saturated carbocycles. The van der Waals surface area contributed by atoms with Crippen molar-refractivity contribution < 1.29 is 0 Å². The van der Waals surface area contributed by atoms with Crippen LogP contribution in [0.2, 0.25) is 0 Å². The standard InChI is InChI=1S/C13H14BrN3/c1-15-13(12-6-7-16-9-17-12)8-10-2-4-11(14)5-3-10/h2-7,9,13,15H,8H2,1H3. The zero-order valence-corrected chi connectivity index (χ0v) is 11.2. The van der Waals surface area contributed by atoms with Crippen LogP contribution in [-0.2, 0) is 6.42 Å². The summed E-state index contributed by atoms with van der Waals surface area (Å²) < 4.78 is 1.10. The van der Waals surface area contributed by atoms with Gasteiger partial charge in [0.1, 0.15) is 6.33 Å². The molecule has 1 aromatic heterocycles. The maximum atomic E-state index is 4.28. The van der Waals surface area contributed by atoms with Crippen LogP contribution in [0, 0.1) is 0 Å². The zero-order chi connectivity index (χ0) is 12.1. The first-order chi connectivity index (χ1) is 8.29. The Hall–Kier alpha value is -1.26. The highest BCUT2D eigenvalue weighted by Crippen LogP contribution is 2.17. The van der Waals surface area contributed by atoms with E-state index in [2.05, 4.69) is 55.5 Å². The van der Waals surface area contributed by atoms with Crippen molar-refractivity contribution in [3.63, 3.8) is 0 Å². The van der Waals surface area contributed by atoms with Crippen molar-refractivity contribution in [2.45, 2.75) is 12.5 Å². The Kier molecular flexibility index (Phi) is 4.23. The van der Waals surface area contributed by atoms with E-state index in [-0.39, 0.29) is 6.04 Å². The van der Waals surface area contributed by atoms with Gasteiger partial charge in [0.25, 0.3) is 0 Å². The number of benzene rings is 1. The summed E-state index contributed by atoms with van der Waals surface area (Å²) >= 11 is 3.44. The topological polar surface area (TPSA) is 37.8 Å². The van der Waals surface area contributed by atoms with Crippen LogP contribution in [0.15, 0.2) is 47.3 Å². The molecule has 0 amide bonds. The Bertz CT molecular complexity index is 456. The van der Waals surface area contributed by atoms with Crippen molar-refractivity contribution in [3.05, 3.63) is 58.6 Å². The average Bonchev–Trinajstić information content (AvgIpc) is 2.39. The van der Waals surface area contributed by atoms with Gasteiger partial charge in [0.2, 0.25) is 0 Å². The van der Waals surface area contributed by atoms with Gasteiger partial charge >= 0.3 is 0 Å². The van der Waals surface area contributed by atoms with E-state index >= 15 is 0 Å². The Labute approximate surface area is 109 Å². The van der Waals surface area contributed by atoms with Gasteiger partial charge in [-0.2, -0.15) is 0 Å². The molecule has 0 radical (unpaired) electrons. The summed E-state index contributed by atoms with van der Waals surface area (Å²) in [5.41, 5.74) is 2.30. The van der Waals surface area contributed by atoms with Crippen molar-refractivity contribution >= 4 is 15.9 Å². The molecule has 2 rings (SSSR count). The summed E-state index contributed by atoms with van der Waals surface area (Å²) in [5, 5.41) is 3.28. The lowest BCUT2D eigenvalue weighted by molar-refractivity contribution is 0.574. The minimum absolute atomic E-state index is 0.221. The summed E-state index contributed by atoms with van der Waals surface area (Å²) in [6, 6.07) is 10.5. The van der Waals surface area contributed by atoms with Crippen LogP contribution in [0.3, 0.4) is 0 Å². The number of halogens is 1. The van der Waals surface area contributed by atoms with Crippen LogP contribution < -0.4 is 5.32 Å².